The smallest absolute Gasteiger partial charge is 0.154 e. The van der Waals surface area contributed by atoms with Gasteiger partial charge < -0.3 is 13.9 Å². The minimum atomic E-state index is 0.495. The minimum absolute atomic E-state index is 0.495. The van der Waals surface area contributed by atoms with Crippen molar-refractivity contribution in [3.8, 4) is 22.8 Å². The highest BCUT2D eigenvalue weighted by atomic mass is 16.5. The third-order valence-corrected chi connectivity index (χ3v) is 3.95. The number of furan rings is 1. The van der Waals surface area contributed by atoms with Crippen molar-refractivity contribution >= 4 is 17.3 Å². The monoisotopic (exact) mass is 324 g/mol. The van der Waals surface area contributed by atoms with Gasteiger partial charge in [0.2, 0.25) is 0 Å². The fourth-order valence-corrected chi connectivity index (χ4v) is 2.67. The molecule has 0 radical (unpaired) electrons. The molecule has 0 aliphatic carbocycles. The molecule has 0 atom stereocenters. The first kappa shape index (κ1) is 16.1. The van der Waals surface area contributed by atoms with E-state index in [2.05, 4.69) is 6.92 Å². The molecule has 0 bridgehead atoms. The molecule has 4 heteroatoms. The molecular formula is C20H20O4. The van der Waals surface area contributed by atoms with Gasteiger partial charge in [0.05, 0.1) is 24.8 Å². The predicted molar refractivity (Wildman–Crippen MR) is 94.0 cm³/mol. The highest BCUT2D eigenvalue weighted by Gasteiger charge is 2.15. The van der Waals surface area contributed by atoms with E-state index in [1.54, 1.807) is 13.2 Å². The fraction of sp³-hybridized carbons (Fsp3) is 0.250. The maximum absolute atomic E-state index is 11.4. The molecule has 1 heterocycles. The van der Waals surface area contributed by atoms with E-state index in [0.29, 0.717) is 29.3 Å². The van der Waals surface area contributed by atoms with Crippen LogP contribution < -0.4 is 9.47 Å². The molecule has 3 rings (SSSR count). The molecule has 0 amide bonds. The summed E-state index contributed by atoms with van der Waals surface area (Å²) in [5, 5.41) is 0.739. The van der Waals surface area contributed by atoms with Gasteiger partial charge in [-0.25, -0.2) is 0 Å². The van der Waals surface area contributed by atoms with E-state index in [4.69, 9.17) is 13.9 Å². The molecule has 3 aromatic rings. The molecule has 24 heavy (non-hydrogen) atoms. The lowest BCUT2D eigenvalue weighted by Gasteiger charge is -2.09. The summed E-state index contributed by atoms with van der Waals surface area (Å²) in [6, 6.07) is 13.2. The van der Waals surface area contributed by atoms with E-state index in [-0.39, 0.29) is 0 Å². The second-order valence-corrected chi connectivity index (χ2v) is 5.52. The zero-order chi connectivity index (χ0) is 16.9. The Balaban J connectivity index is 2.06. The fourth-order valence-electron chi connectivity index (χ4n) is 2.67. The van der Waals surface area contributed by atoms with Crippen LogP contribution in [0.1, 0.15) is 30.1 Å². The van der Waals surface area contributed by atoms with Crippen molar-refractivity contribution in [3.63, 3.8) is 0 Å². The van der Waals surface area contributed by atoms with E-state index < -0.39 is 0 Å². The van der Waals surface area contributed by atoms with Gasteiger partial charge in [-0.3, -0.25) is 4.79 Å². The number of aldehydes is 1. The standard InChI is InChI=1S/C20H20O4/c1-3-4-11-23-18-8-6-5-7-14(18)20-12-15-16(13-21)17(22-2)9-10-19(15)24-20/h5-10,12-13H,3-4,11H2,1-2H3. The van der Waals surface area contributed by atoms with Crippen molar-refractivity contribution in [2.75, 3.05) is 13.7 Å². The second kappa shape index (κ2) is 7.21. The van der Waals surface area contributed by atoms with Crippen LogP contribution in [-0.4, -0.2) is 20.0 Å². The molecule has 0 unspecified atom stereocenters. The van der Waals surface area contributed by atoms with Gasteiger partial charge >= 0.3 is 0 Å². The molecule has 0 saturated heterocycles. The number of rotatable bonds is 7. The van der Waals surface area contributed by atoms with Gasteiger partial charge in [0, 0.05) is 5.39 Å². The number of fused-ring (bicyclic) bond motifs is 1. The molecule has 0 spiro atoms. The number of hydrogen-bond donors (Lipinski definition) is 0. The van der Waals surface area contributed by atoms with E-state index in [9.17, 15) is 4.79 Å². The molecule has 0 aliphatic heterocycles. The van der Waals surface area contributed by atoms with Gasteiger partial charge in [0.25, 0.3) is 0 Å². The van der Waals surface area contributed by atoms with Gasteiger partial charge in [-0.2, -0.15) is 0 Å². The van der Waals surface area contributed by atoms with E-state index in [0.717, 1.165) is 35.8 Å². The van der Waals surface area contributed by atoms with E-state index >= 15 is 0 Å². The number of para-hydroxylation sites is 1. The molecule has 1 aromatic heterocycles. The molecule has 2 aromatic carbocycles. The van der Waals surface area contributed by atoms with Crippen molar-refractivity contribution in [2.24, 2.45) is 0 Å². The Morgan fingerprint density at radius 2 is 1.96 bits per heavy atom. The number of hydrogen-bond acceptors (Lipinski definition) is 4. The van der Waals surface area contributed by atoms with Gasteiger partial charge in [-0.1, -0.05) is 25.5 Å². The molecule has 4 nitrogen and oxygen atoms in total. The van der Waals surface area contributed by atoms with Crippen LogP contribution in [0.2, 0.25) is 0 Å². The first-order chi connectivity index (χ1) is 11.8. The lowest BCUT2D eigenvalue weighted by Crippen LogP contribution is -1.97. The third-order valence-electron chi connectivity index (χ3n) is 3.95. The van der Waals surface area contributed by atoms with Crippen molar-refractivity contribution in [1.29, 1.82) is 0 Å². The Hall–Kier alpha value is -2.75. The average Bonchev–Trinajstić information content (AvgIpc) is 3.05. The molecule has 0 saturated carbocycles. The zero-order valence-electron chi connectivity index (χ0n) is 13.9. The lowest BCUT2D eigenvalue weighted by molar-refractivity contribution is 0.112. The topological polar surface area (TPSA) is 48.7 Å². The average molecular weight is 324 g/mol. The summed E-state index contributed by atoms with van der Waals surface area (Å²) in [4.78, 5) is 11.4. The number of methoxy groups -OCH3 is 1. The summed E-state index contributed by atoms with van der Waals surface area (Å²) in [6.07, 6.45) is 2.88. The van der Waals surface area contributed by atoms with Crippen molar-refractivity contribution < 1.29 is 18.7 Å². The molecule has 124 valence electrons. The van der Waals surface area contributed by atoms with E-state index in [1.807, 2.05) is 36.4 Å². The maximum atomic E-state index is 11.4. The van der Waals surface area contributed by atoms with Crippen molar-refractivity contribution in [2.45, 2.75) is 19.8 Å². The normalized spacial score (nSPS) is 10.8. The summed E-state index contributed by atoms with van der Waals surface area (Å²) >= 11 is 0. The summed E-state index contributed by atoms with van der Waals surface area (Å²) in [5.74, 6) is 2.00. The van der Waals surface area contributed by atoms with Crippen LogP contribution in [-0.2, 0) is 0 Å². The summed E-state index contributed by atoms with van der Waals surface area (Å²) in [6.45, 7) is 2.80. The van der Waals surface area contributed by atoms with E-state index in [1.165, 1.54) is 0 Å². The van der Waals surface area contributed by atoms with Gasteiger partial charge in [0.1, 0.15) is 22.8 Å². The third kappa shape index (κ3) is 3.00. The van der Waals surface area contributed by atoms with Crippen LogP contribution in [0.15, 0.2) is 46.9 Å². The van der Waals surface area contributed by atoms with Crippen LogP contribution >= 0.6 is 0 Å². The van der Waals surface area contributed by atoms with Gasteiger partial charge in [-0.15, -0.1) is 0 Å². The van der Waals surface area contributed by atoms with Crippen LogP contribution in [0.25, 0.3) is 22.3 Å². The van der Waals surface area contributed by atoms with Gasteiger partial charge in [-0.05, 0) is 36.8 Å². The number of ether oxygens (including phenoxy) is 2. The highest BCUT2D eigenvalue weighted by molar-refractivity contribution is 6.00. The number of carbonyl (C=O) groups is 1. The molecule has 0 N–H and O–H groups in total. The van der Waals surface area contributed by atoms with Crippen LogP contribution in [0.5, 0.6) is 11.5 Å². The Kier molecular flexibility index (Phi) is 4.85. The SMILES string of the molecule is CCCCOc1ccccc1-c1cc2c(C=O)c(OC)ccc2o1. The van der Waals surface area contributed by atoms with Crippen molar-refractivity contribution in [1.82, 2.24) is 0 Å². The maximum Gasteiger partial charge on any atom is 0.154 e. The first-order valence-corrected chi connectivity index (χ1v) is 8.06. The minimum Gasteiger partial charge on any atom is -0.496 e. The summed E-state index contributed by atoms with van der Waals surface area (Å²) in [5.41, 5.74) is 2.02. The van der Waals surface area contributed by atoms with Gasteiger partial charge in [0.15, 0.2) is 6.29 Å². The van der Waals surface area contributed by atoms with Crippen LogP contribution in [0.4, 0.5) is 0 Å². The number of benzene rings is 2. The first-order valence-electron chi connectivity index (χ1n) is 8.06. The summed E-state index contributed by atoms with van der Waals surface area (Å²) < 4.78 is 17.1. The zero-order valence-corrected chi connectivity index (χ0v) is 13.9. The summed E-state index contributed by atoms with van der Waals surface area (Å²) in [7, 11) is 1.55. The van der Waals surface area contributed by atoms with Crippen LogP contribution in [0.3, 0.4) is 0 Å². The number of unbranched alkanes of at least 4 members (excludes halogenated alkanes) is 1. The van der Waals surface area contributed by atoms with Crippen LogP contribution in [0, 0.1) is 0 Å². The number of carbonyl (C=O) groups excluding carboxylic acids is 1. The molecular weight excluding hydrogens is 304 g/mol. The predicted octanol–water partition coefficient (Wildman–Crippen LogP) is 5.10. The quantitative estimate of drug-likeness (QED) is 0.448. The Labute approximate surface area is 141 Å². The lowest BCUT2D eigenvalue weighted by atomic mass is 10.1. The Bertz CT molecular complexity index is 848. The second-order valence-electron chi connectivity index (χ2n) is 5.52. The molecule has 0 aliphatic rings. The Morgan fingerprint density at radius 3 is 2.71 bits per heavy atom. The molecule has 0 fully saturated rings. The highest BCUT2D eigenvalue weighted by Crippen LogP contribution is 2.37. The Morgan fingerprint density at radius 1 is 1.12 bits per heavy atom. The van der Waals surface area contributed by atoms with Crippen molar-refractivity contribution in [3.05, 3.63) is 48.0 Å². The largest absolute Gasteiger partial charge is 0.496 e.